The van der Waals surface area contributed by atoms with Crippen molar-refractivity contribution >= 4 is 20.5 Å². The second-order valence-electron chi connectivity index (χ2n) is 4.54. The van der Waals surface area contributed by atoms with Crippen molar-refractivity contribution in [1.82, 2.24) is 0 Å². The molecular formula is C34H94B2O6. The van der Waals surface area contributed by atoms with Gasteiger partial charge in [0.1, 0.15) is 6.29 Å². The third-order valence-electron chi connectivity index (χ3n) is 1.17. The molecule has 0 bridgehead atoms. The third kappa shape index (κ3) is 13100. The second kappa shape index (κ2) is 358. The monoisotopic (exact) mass is 621 g/mol. The fraction of sp³-hybridized carbons (Fsp3) is 0.853. The maximum atomic E-state index is 8.81. The van der Waals surface area contributed by atoms with Crippen LogP contribution in [0, 0.1) is 0 Å². The summed E-state index contributed by atoms with van der Waals surface area (Å²) in [7, 11) is -1.33. The summed E-state index contributed by atoms with van der Waals surface area (Å²) in [6.07, 6.45) is 12.6. The largest absolute Gasteiger partial charge is 0.448 e. The molecule has 0 aliphatic carbocycles. The molecule has 0 amide bonds. The molecule has 6 nitrogen and oxygen atoms in total. The average Bonchev–Trinajstić information content (AvgIpc) is 3.05. The van der Waals surface area contributed by atoms with Gasteiger partial charge in [-0.25, -0.2) is 0 Å². The Labute approximate surface area is 273 Å². The summed E-state index contributed by atoms with van der Waals surface area (Å²) >= 11 is 0. The normalized spacial score (nSPS) is 5.69. The van der Waals surface area contributed by atoms with Crippen LogP contribution in [0.5, 0.6) is 0 Å². The van der Waals surface area contributed by atoms with Crippen LogP contribution < -0.4 is 0 Å². The maximum Gasteiger partial charge on any atom is 0.448 e. The number of hydrogen-bond donors (Lipinski definition) is 5. The smallest absolute Gasteiger partial charge is 0.427 e. The van der Waals surface area contributed by atoms with Crippen molar-refractivity contribution in [2.75, 3.05) is 7.11 Å². The van der Waals surface area contributed by atoms with Crippen LogP contribution in [0.1, 0.15) is 179 Å². The SMILES string of the molecule is CB(O)O.CB(O)O.CC.CC.CC.CC.CC.CC.CC.CC=CC.CC=CC.CC=O.CCC.CCCC.CO. The Morgan fingerprint density at radius 3 is 0.476 bits per heavy atom. The minimum absolute atomic E-state index is 0.750. The average molecular weight is 621 g/mol. The van der Waals surface area contributed by atoms with Gasteiger partial charge in [-0.05, 0) is 48.3 Å². The van der Waals surface area contributed by atoms with Gasteiger partial charge in [-0.1, -0.05) is 168 Å². The van der Waals surface area contributed by atoms with Crippen LogP contribution >= 0.6 is 0 Å². The Morgan fingerprint density at radius 2 is 0.476 bits per heavy atom. The van der Waals surface area contributed by atoms with E-state index in [4.69, 9.17) is 30.0 Å². The Balaban J connectivity index is -0.0000000145. The minimum atomic E-state index is -1.17. The number of rotatable bonds is 1. The van der Waals surface area contributed by atoms with Crippen molar-refractivity contribution in [2.45, 2.75) is 192 Å². The van der Waals surface area contributed by atoms with E-state index in [1.807, 2.05) is 149 Å². The molecule has 8 heteroatoms. The summed E-state index contributed by atoms with van der Waals surface area (Å²) < 4.78 is 0. The fourth-order valence-electron chi connectivity index (χ4n) is 0. The number of allylic oxidation sites excluding steroid dienone is 4. The summed E-state index contributed by atoms with van der Waals surface area (Å²) in [5.74, 6) is 0. The number of unbranched alkanes of at least 4 members (excludes halogenated alkanes) is 1. The van der Waals surface area contributed by atoms with E-state index in [-0.39, 0.29) is 0 Å². The van der Waals surface area contributed by atoms with Gasteiger partial charge >= 0.3 is 14.2 Å². The molecule has 0 rings (SSSR count). The first-order valence-corrected chi connectivity index (χ1v) is 16.8. The van der Waals surface area contributed by atoms with Crippen LogP contribution in [0.4, 0.5) is 0 Å². The number of carbonyl (C=O) groups excluding carboxylic acids is 1. The van der Waals surface area contributed by atoms with Crippen molar-refractivity contribution in [3.63, 3.8) is 0 Å². The highest BCUT2D eigenvalue weighted by Gasteiger charge is 1.86. The Bertz CT molecular complexity index is 187. The van der Waals surface area contributed by atoms with Gasteiger partial charge in [0, 0.05) is 7.11 Å². The van der Waals surface area contributed by atoms with Crippen LogP contribution in [0.2, 0.25) is 13.6 Å². The van der Waals surface area contributed by atoms with E-state index >= 15 is 0 Å². The lowest BCUT2D eigenvalue weighted by Gasteiger charge is -1.71. The molecule has 0 aromatic carbocycles. The molecule has 0 saturated carbocycles. The van der Waals surface area contributed by atoms with Crippen LogP contribution in [0.15, 0.2) is 24.3 Å². The number of aliphatic hydroxyl groups is 1. The number of carbonyl (C=O) groups is 1. The summed E-state index contributed by atoms with van der Waals surface area (Å²) in [5.41, 5.74) is 0. The zero-order valence-corrected chi connectivity index (χ0v) is 34.8. The fourth-order valence-corrected chi connectivity index (χ4v) is 0. The molecule has 0 heterocycles. The lowest BCUT2D eigenvalue weighted by atomic mass is 9.99. The molecule has 0 unspecified atom stereocenters. The first kappa shape index (κ1) is 97.0. The Kier molecular flexibility index (Phi) is 827. The van der Waals surface area contributed by atoms with E-state index < -0.39 is 14.2 Å². The topological polar surface area (TPSA) is 118 Å². The zero-order chi connectivity index (χ0) is 38.8. The molecule has 0 aromatic rings. The third-order valence-corrected chi connectivity index (χ3v) is 1.17. The van der Waals surface area contributed by atoms with E-state index in [2.05, 4.69) is 27.7 Å². The minimum Gasteiger partial charge on any atom is -0.427 e. The highest BCUT2D eigenvalue weighted by atomic mass is 16.4. The standard InChI is InChI=1S/C4H10.2C4H8.C3H8.C2H4O.7C2H6.2CH5BO2.CH4O/c3*1-3-4-2;1-3-2;1-2-3;7*1-2;2*1-2(3)4;1-2/h3-4H2,1-2H3;2*3-4H,1-2H3;3H2,1-2H3;2H,1H3;7*1-2H3;2*3-4H,1H3;2H,1H3. The summed E-state index contributed by atoms with van der Waals surface area (Å²) in [6.45, 7) is 48.6. The van der Waals surface area contributed by atoms with Crippen LogP contribution in [-0.2, 0) is 4.79 Å². The zero-order valence-electron chi connectivity index (χ0n) is 34.8. The molecule has 0 radical (unpaired) electrons. The molecule has 0 fully saturated rings. The highest BCUT2D eigenvalue weighted by molar-refractivity contribution is 6.39. The van der Waals surface area contributed by atoms with Crippen LogP contribution in [-0.4, -0.2) is 52.8 Å². The van der Waals surface area contributed by atoms with E-state index in [1.54, 1.807) is 0 Å². The van der Waals surface area contributed by atoms with Gasteiger partial charge in [0.15, 0.2) is 0 Å². The first-order chi connectivity index (χ1) is 20.0. The Morgan fingerprint density at radius 1 is 0.429 bits per heavy atom. The molecule has 5 N–H and O–H groups in total. The summed E-state index contributed by atoms with van der Waals surface area (Å²) in [5, 5.41) is 37.4. The van der Waals surface area contributed by atoms with Gasteiger partial charge in [-0.15, -0.1) is 0 Å². The predicted molar refractivity (Wildman–Crippen MR) is 209 cm³/mol. The number of aliphatic hydroxyl groups excluding tert-OH is 1. The lowest BCUT2D eigenvalue weighted by Crippen LogP contribution is -2.00. The quantitative estimate of drug-likeness (QED) is 0.113. The molecule has 0 spiro atoms. The maximum absolute atomic E-state index is 8.81. The van der Waals surface area contributed by atoms with Gasteiger partial charge < -0.3 is 30.0 Å². The van der Waals surface area contributed by atoms with E-state index in [1.165, 1.54) is 39.8 Å². The van der Waals surface area contributed by atoms with Crippen LogP contribution in [0.3, 0.4) is 0 Å². The molecule has 272 valence electrons. The number of hydrogen-bond acceptors (Lipinski definition) is 6. The van der Waals surface area contributed by atoms with Gasteiger partial charge in [-0.2, -0.15) is 0 Å². The summed E-state index contributed by atoms with van der Waals surface area (Å²) in [6, 6.07) is 0. The second-order valence-corrected chi connectivity index (χ2v) is 4.54. The van der Waals surface area contributed by atoms with Gasteiger partial charge in [0.25, 0.3) is 0 Å². The molecule has 0 aromatic heterocycles. The van der Waals surface area contributed by atoms with Gasteiger partial charge in [0.05, 0.1) is 0 Å². The van der Waals surface area contributed by atoms with Crippen molar-refractivity contribution in [3.8, 4) is 0 Å². The van der Waals surface area contributed by atoms with Crippen LogP contribution in [0.25, 0.3) is 0 Å². The van der Waals surface area contributed by atoms with E-state index in [9.17, 15) is 0 Å². The van der Waals surface area contributed by atoms with Gasteiger partial charge in [0.2, 0.25) is 0 Å². The van der Waals surface area contributed by atoms with Crippen molar-refractivity contribution in [3.05, 3.63) is 24.3 Å². The first-order valence-electron chi connectivity index (χ1n) is 16.8. The lowest BCUT2D eigenvalue weighted by molar-refractivity contribution is -0.106. The van der Waals surface area contributed by atoms with Crippen molar-refractivity contribution < 1.29 is 30.0 Å². The molecule has 0 aliphatic rings. The number of aldehydes is 1. The summed E-state index contributed by atoms with van der Waals surface area (Å²) in [4.78, 5) is 8.81. The van der Waals surface area contributed by atoms with Crippen molar-refractivity contribution in [1.29, 1.82) is 0 Å². The molecular weight excluding hydrogens is 526 g/mol. The highest BCUT2D eigenvalue weighted by Crippen LogP contribution is 1.76. The molecule has 0 saturated heterocycles. The molecule has 0 aliphatic heterocycles. The molecule has 0 atom stereocenters. The molecule has 42 heavy (non-hydrogen) atoms. The predicted octanol–water partition coefficient (Wildman–Crippen LogP) is 11.6. The van der Waals surface area contributed by atoms with E-state index in [0.717, 1.165) is 13.4 Å². The van der Waals surface area contributed by atoms with Crippen molar-refractivity contribution in [2.24, 2.45) is 0 Å². The van der Waals surface area contributed by atoms with E-state index in [0.29, 0.717) is 0 Å². The van der Waals surface area contributed by atoms with Gasteiger partial charge in [-0.3, -0.25) is 0 Å². The Hall–Kier alpha value is -0.920.